The van der Waals surface area contributed by atoms with Gasteiger partial charge in [-0.2, -0.15) is 5.10 Å². The van der Waals surface area contributed by atoms with Gasteiger partial charge in [0.15, 0.2) is 5.65 Å². The van der Waals surface area contributed by atoms with Crippen LogP contribution in [0.4, 0.5) is 0 Å². The zero-order valence-electron chi connectivity index (χ0n) is 13.4. The van der Waals surface area contributed by atoms with E-state index in [0.29, 0.717) is 11.5 Å². The van der Waals surface area contributed by atoms with Crippen LogP contribution in [-0.2, 0) is 11.3 Å². The number of nitrogens with one attached hydrogen (secondary N) is 1. The molecule has 1 amide bonds. The van der Waals surface area contributed by atoms with Gasteiger partial charge in [0, 0.05) is 12.7 Å². The predicted molar refractivity (Wildman–Crippen MR) is 88.1 cm³/mol. The van der Waals surface area contributed by atoms with Crippen molar-refractivity contribution in [1.29, 1.82) is 0 Å². The topological polar surface area (TPSA) is 89.3 Å². The summed E-state index contributed by atoms with van der Waals surface area (Å²) in [6.45, 7) is 4.45. The first kappa shape index (κ1) is 15.9. The van der Waals surface area contributed by atoms with E-state index in [1.165, 1.54) is 0 Å². The first-order valence-corrected chi connectivity index (χ1v) is 7.66. The van der Waals surface area contributed by atoms with E-state index in [9.17, 15) is 4.79 Å². The molecule has 3 aromatic rings. The first-order chi connectivity index (χ1) is 11.6. The molecule has 24 heavy (non-hydrogen) atoms. The summed E-state index contributed by atoms with van der Waals surface area (Å²) in [4.78, 5) is 15.8. The van der Waals surface area contributed by atoms with Crippen molar-refractivity contribution in [1.82, 2.24) is 20.2 Å². The predicted octanol–water partition coefficient (Wildman–Crippen LogP) is 2.85. The Labute approximate surface area is 138 Å². The van der Waals surface area contributed by atoms with Gasteiger partial charge < -0.3 is 4.74 Å². The van der Waals surface area contributed by atoms with E-state index in [4.69, 9.17) is 9.94 Å². The molecule has 3 rings (SSSR count). The maximum absolute atomic E-state index is 11.5. The number of benzene rings is 1. The SMILES string of the molecule is CCn1ncc2c(Oc3ccc(C(C)C(=O)NO)cc3)ccnc21. The zero-order valence-corrected chi connectivity index (χ0v) is 13.4. The lowest BCUT2D eigenvalue weighted by atomic mass is 10.0. The van der Waals surface area contributed by atoms with E-state index >= 15 is 0 Å². The fourth-order valence-electron chi connectivity index (χ4n) is 2.47. The highest BCUT2D eigenvalue weighted by Gasteiger charge is 2.14. The van der Waals surface area contributed by atoms with Crippen LogP contribution in [0.1, 0.15) is 25.3 Å². The Hall–Kier alpha value is -2.93. The second-order valence-electron chi connectivity index (χ2n) is 5.38. The Morgan fingerprint density at radius 2 is 2.08 bits per heavy atom. The minimum atomic E-state index is -0.452. The molecule has 0 spiro atoms. The lowest BCUT2D eigenvalue weighted by Crippen LogP contribution is -2.24. The number of rotatable bonds is 5. The average Bonchev–Trinajstić information content (AvgIpc) is 3.05. The lowest BCUT2D eigenvalue weighted by molar-refractivity contribution is -0.130. The number of carbonyl (C=O) groups excluding carboxylic acids is 1. The number of carbonyl (C=O) groups is 1. The van der Waals surface area contributed by atoms with Crippen LogP contribution in [0, 0.1) is 0 Å². The van der Waals surface area contributed by atoms with Crippen molar-refractivity contribution < 1.29 is 14.7 Å². The summed E-state index contributed by atoms with van der Waals surface area (Å²) < 4.78 is 7.73. The Morgan fingerprint density at radius 3 is 2.75 bits per heavy atom. The Kier molecular flexibility index (Phi) is 4.43. The Balaban J connectivity index is 1.84. The van der Waals surface area contributed by atoms with Crippen LogP contribution >= 0.6 is 0 Å². The van der Waals surface area contributed by atoms with Gasteiger partial charge in [0.2, 0.25) is 0 Å². The highest BCUT2D eigenvalue weighted by molar-refractivity contribution is 5.82. The minimum absolute atomic E-state index is 0.445. The first-order valence-electron chi connectivity index (χ1n) is 7.66. The molecule has 7 heteroatoms. The number of hydrogen-bond donors (Lipinski definition) is 2. The number of aryl methyl sites for hydroxylation is 1. The average molecular weight is 326 g/mol. The summed E-state index contributed by atoms with van der Waals surface area (Å²) in [7, 11) is 0. The monoisotopic (exact) mass is 326 g/mol. The van der Waals surface area contributed by atoms with Gasteiger partial charge in [-0.15, -0.1) is 0 Å². The van der Waals surface area contributed by atoms with Crippen LogP contribution < -0.4 is 10.2 Å². The van der Waals surface area contributed by atoms with E-state index in [1.54, 1.807) is 59.8 Å². The third-order valence-corrected chi connectivity index (χ3v) is 3.91. The molecule has 7 nitrogen and oxygen atoms in total. The van der Waals surface area contributed by atoms with Crippen molar-refractivity contribution in [2.45, 2.75) is 26.3 Å². The van der Waals surface area contributed by atoms with Crippen LogP contribution in [0.15, 0.2) is 42.7 Å². The number of ether oxygens (including phenoxy) is 1. The summed E-state index contributed by atoms with van der Waals surface area (Å²) >= 11 is 0. The number of hydroxylamine groups is 1. The molecule has 2 heterocycles. The number of nitrogens with zero attached hydrogens (tertiary/aromatic N) is 3. The number of pyridine rings is 1. The Morgan fingerprint density at radius 1 is 1.33 bits per heavy atom. The van der Waals surface area contributed by atoms with Crippen molar-refractivity contribution in [3.63, 3.8) is 0 Å². The molecule has 0 bridgehead atoms. The van der Waals surface area contributed by atoms with E-state index in [2.05, 4.69) is 10.1 Å². The molecule has 1 aromatic carbocycles. The minimum Gasteiger partial charge on any atom is -0.456 e. The molecule has 0 saturated carbocycles. The van der Waals surface area contributed by atoms with Crippen LogP contribution in [0.25, 0.3) is 11.0 Å². The van der Waals surface area contributed by atoms with E-state index in [0.717, 1.165) is 23.1 Å². The van der Waals surface area contributed by atoms with Gasteiger partial charge in [0.05, 0.1) is 17.5 Å². The second-order valence-corrected chi connectivity index (χ2v) is 5.38. The fraction of sp³-hybridized carbons (Fsp3) is 0.235. The van der Waals surface area contributed by atoms with E-state index < -0.39 is 11.8 Å². The quantitative estimate of drug-likeness (QED) is 0.556. The molecular weight excluding hydrogens is 308 g/mol. The van der Waals surface area contributed by atoms with Crippen LogP contribution in [-0.4, -0.2) is 25.9 Å². The normalized spacial score (nSPS) is 12.1. The summed E-state index contributed by atoms with van der Waals surface area (Å²) in [5.74, 6) is 0.423. The van der Waals surface area contributed by atoms with Gasteiger partial charge in [0.25, 0.3) is 5.91 Å². The summed E-state index contributed by atoms with van der Waals surface area (Å²) in [5, 5.41) is 13.8. The number of amides is 1. The number of hydrogen-bond acceptors (Lipinski definition) is 5. The third-order valence-electron chi connectivity index (χ3n) is 3.91. The second kappa shape index (κ2) is 6.67. The highest BCUT2D eigenvalue weighted by atomic mass is 16.5. The maximum atomic E-state index is 11.5. The van der Waals surface area contributed by atoms with E-state index in [1.807, 2.05) is 6.92 Å². The van der Waals surface area contributed by atoms with Crippen LogP contribution in [0.3, 0.4) is 0 Å². The maximum Gasteiger partial charge on any atom is 0.250 e. The molecule has 1 atom stereocenters. The van der Waals surface area contributed by atoms with Crippen LogP contribution in [0.2, 0.25) is 0 Å². The van der Waals surface area contributed by atoms with Gasteiger partial charge >= 0.3 is 0 Å². The van der Waals surface area contributed by atoms with Gasteiger partial charge in [-0.05, 0) is 37.6 Å². The molecule has 0 radical (unpaired) electrons. The van der Waals surface area contributed by atoms with Crippen molar-refractivity contribution >= 4 is 16.9 Å². The molecule has 1 unspecified atom stereocenters. The molecule has 0 aliphatic carbocycles. The van der Waals surface area contributed by atoms with Crippen LogP contribution in [0.5, 0.6) is 11.5 Å². The summed E-state index contributed by atoms with van der Waals surface area (Å²) in [6, 6.07) is 8.95. The molecule has 0 aliphatic heterocycles. The third kappa shape index (κ3) is 2.93. The highest BCUT2D eigenvalue weighted by Crippen LogP contribution is 2.29. The standard InChI is InChI=1S/C17H18N4O3/c1-3-21-16-14(10-19-21)15(8-9-18-16)24-13-6-4-12(5-7-13)11(2)17(22)20-23/h4-11,23H,3H2,1-2H3,(H,20,22). The van der Waals surface area contributed by atoms with Crippen molar-refractivity contribution in [2.75, 3.05) is 0 Å². The molecule has 0 aliphatic rings. The lowest BCUT2D eigenvalue weighted by Gasteiger charge is -2.11. The van der Waals surface area contributed by atoms with Gasteiger partial charge in [0.1, 0.15) is 11.5 Å². The fourth-order valence-corrected chi connectivity index (χ4v) is 2.47. The molecule has 2 aromatic heterocycles. The molecule has 2 N–H and O–H groups in total. The van der Waals surface area contributed by atoms with E-state index in [-0.39, 0.29) is 0 Å². The molecule has 0 saturated heterocycles. The summed E-state index contributed by atoms with van der Waals surface area (Å²) in [5.41, 5.74) is 3.22. The Bertz CT molecular complexity index is 858. The smallest absolute Gasteiger partial charge is 0.250 e. The van der Waals surface area contributed by atoms with Crippen molar-refractivity contribution in [3.8, 4) is 11.5 Å². The molecular formula is C17H18N4O3. The largest absolute Gasteiger partial charge is 0.456 e. The zero-order chi connectivity index (χ0) is 17.1. The van der Waals surface area contributed by atoms with Gasteiger partial charge in [-0.3, -0.25) is 10.0 Å². The number of fused-ring (bicyclic) bond motifs is 1. The van der Waals surface area contributed by atoms with Gasteiger partial charge in [-0.1, -0.05) is 12.1 Å². The molecule has 124 valence electrons. The molecule has 0 fully saturated rings. The van der Waals surface area contributed by atoms with Crippen molar-refractivity contribution in [2.24, 2.45) is 0 Å². The van der Waals surface area contributed by atoms with Crippen molar-refractivity contribution in [3.05, 3.63) is 48.3 Å². The van der Waals surface area contributed by atoms with Gasteiger partial charge in [-0.25, -0.2) is 15.1 Å². The summed E-state index contributed by atoms with van der Waals surface area (Å²) in [6.07, 6.45) is 3.43. The number of aromatic nitrogens is 3.